The fraction of sp³-hybridized carbons (Fsp3) is 0.400. The first-order chi connectivity index (χ1) is 11.9. The van der Waals surface area contributed by atoms with Gasteiger partial charge >= 0.3 is 0 Å². The van der Waals surface area contributed by atoms with Gasteiger partial charge in [-0.2, -0.15) is 13.7 Å². The number of aromatic nitrogens is 2. The van der Waals surface area contributed by atoms with Crippen LogP contribution in [0.25, 0.3) is 0 Å². The Labute approximate surface area is 156 Å². The number of hydrogen-bond acceptors (Lipinski definition) is 8. The first kappa shape index (κ1) is 19.8. The number of ketones is 1. The van der Waals surface area contributed by atoms with Crippen molar-refractivity contribution in [1.29, 1.82) is 0 Å². The summed E-state index contributed by atoms with van der Waals surface area (Å²) in [4.78, 5) is 16.6. The Hall–Kier alpha value is -1.49. The van der Waals surface area contributed by atoms with Crippen LogP contribution in [0.4, 0.5) is 5.13 Å². The fourth-order valence-electron chi connectivity index (χ4n) is 2.15. The maximum atomic E-state index is 12.4. The molecule has 1 heterocycles. The van der Waals surface area contributed by atoms with Crippen LogP contribution in [0.1, 0.15) is 24.2 Å². The summed E-state index contributed by atoms with van der Waals surface area (Å²) in [6.45, 7) is 4.47. The van der Waals surface area contributed by atoms with Crippen molar-refractivity contribution < 1.29 is 13.2 Å². The van der Waals surface area contributed by atoms with Crippen LogP contribution in [0.15, 0.2) is 34.3 Å². The van der Waals surface area contributed by atoms with Crippen LogP contribution in [-0.4, -0.2) is 53.8 Å². The van der Waals surface area contributed by atoms with Crippen LogP contribution < -0.4 is 5.32 Å². The van der Waals surface area contributed by atoms with Crippen LogP contribution in [0.2, 0.25) is 0 Å². The average molecular weight is 401 g/mol. The number of benzene rings is 1. The highest BCUT2D eigenvalue weighted by Crippen LogP contribution is 2.18. The predicted molar refractivity (Wildman–Crippen MR) is 101 cm³/mol. The smallest absolute Gasteiger partial charge is 0.243 e. The number of hydrogen-bond donors (Lipinski definition) is 1. The van der Waals surface area contributed by atoms with Crippen molar-refractivity contribution in [2.75, 3.05) is 31.2 Å². The lowest BCUT2D eigenvalue weighted by Crippen LogP contribution is -2.30. The molecule has 0 saturated heterocycles. The number of Topliss-reactive ketones (excluding diaryl/α,β-unsaturated/α-hetero) is 1. The highest BCUT2D eigenvalue weighted by molar-refractivity contribution is 7.98. The zero-order valence-electron chi connectivity index (χ0n) is 14.2. The van der Waals surface area contributed by atoms with E-state index in [0.717, 1.165) is 0 Å². The number of thioether (sulfide) groups is 1. The number of sulfonamides is 1. The Bertz CT molecular complexity index is 815. The molecular weight excluding hydrogens is 380 g/mol. The summed E-state index contributed by atoms with van der Waals surface area (Å²) in [7, 11) is -3.51. The van der Waals surface area contributed by atoms with Crippen LogP contribution >= 0.6 is 23.3 Å². The van der Waals surface area contributed by atoms with Gasteiger partial charge in [0.2, 0.25) is 20.3 Å². The number of carbonyl (C=O) groups excluding carboxylic acids is 1. The van der Waals surface area contributed by atoms with E-state index in [0.29, 0.717) is 28.9 Å². The number of nitrogens with zero attached hydrogens (tertiary/aromatic N) is 3. The number of nitrogens with one attached hydrogen (secondary N) is 1. The van der Waals surface area contributed by atoms with Gasteiger partial charge in [0, 0.05) is 30.2 Å². The summed E-state index contributed by atoms with van der Waals surface area (Å²) in [5.41, 5.74) is 0.445. The van der Waals surface area contributed by atoms with Gasteiger partial charge in [0.25, 0.3) is 0 Å². The van der Waals surface area contributed by atoms with E-state index in [-0.39, 0.29) is 17.2 Å². The molecule has 0 radical (unpaired) electrons. The van der Waals surface area contributed by atoms with Gasteiger partial charge < -0.3 is 5.32 Å². The zero-order chi connectivity index (χ0) is 18.4. The Morgan fingerprint density at radius 2 is 1.88 bits per heavy atom. The average Bonchev–Trinajstić information content (AvgIpc) is 3.08. The molecule has 25 heavy (non-hydrogen) atoms. The van der Waals surface area contributed by atoms with Gasteiger partial charge in [0.15, 0.2) is 5.78 Å². The van der Waals surface area contributed by atoms with E-state index in [9.17, 15) is 13.2 Å². The van der Waals surface area contributed by atoms with E-state index in [4.69, 9.17) is 0 Å². The fourth-order valence-corrected chi connectivity index (χ4v) is 4.73. The van der Waals surface area contributed by atoms with E-state index < -0.39 is 10.0 Å². The molecule has 0 aliphatic rings. The van der Waals surface area contributed by atoms with Gasteiger partial charge in [-0.3, -0.25) is 4.79 Å². The Morgan fingerprint density at radius 3 is 2.40 bits per heavy atom. The molecule has 0 atom stereocenters. The molecule has 0 saturated carbocycles. The van der Waals surface area contributed by atoms with Crippen molar-refractivity contribution in [2.45, 2.75) is 23.9 Å². The molecule has 7 nitrogen and oxygen atoms in total. The van der Waals surface area contributed by atoms with Crippen LogP contribution in [0.3, 0.4) is 0 Å². The van der Waals surface area contributed by atoms with Gasteiger partial charge in [-0.1, -0.05) is 25.6 Å². The van der Waals surface area contributed by atoms with E-state index in [2.05, 4.69) is 14.7 Å². The summed E-state index contributed by atoms with van der Waals surface area (Å²) in [5, 5.41) is 4.17. The zero-order valence-corrected chi connectivity index (χ0v) is 16.7. The second-order valence-electron chi connectivity index (χ2n) is 4.98. The summed E-state index contributed by atoms with van der Waals surface area (Å²) >= 11 is 2.63. The van der Waals surface area contributed by atoms with Crippen LogP contribution in [0, 0.1) is 0 Å². The van der Waals surface area contributed by atoms with Gasteiger partial charge in [0.05, 0.1) is 11.4 Å². The molecule has 0 fully saturated rings. The second kappa shape index (κ2) is 8.75. The topological polar surface area (TPSA) is 92.3 Å². The molecule has 136 valence electrons. The number of carbonyl (C=O) groups is 1. The molecule has 1 N–H and O–H groups in total. The molecule has 1 aromatic carbocycles. The lowest BCUT2D eigenvalue weighted by molar-refractivity contribution is 0.101. The third-order valence-electron chi connectivity index (χ3n) is 3.51. The summed E-state index contributed by atoms with van der Waals surface area (Å²) in [6.07, 6.45) is 1.88. The summed E-state index contributed by atoms with van der Waals surface area (Å²) in [6, 6.07) is 6.01. The van der Waals surface area contributed by atoms with Gasteiger partial charge in [0.1, 0.15) is 0 Å². The number of rotatable bonds is 9. The molecule has 1 aromatic heterocycles. The van der Waals surface area contributed by atoms with Crippen molar-refractivity contribution in [3.63, 3.8) is 0 Å². The lowest BCUT2D eigenvalue weighted by Gasteiger charge is -2.18. The maximum absolute atomic E-state index is 12.4. The van der Waals surface area contributed by atoms with Crippen molar-refractivity contribution in [3.8, 4) is 0 Å². The summed E-state index contributed by atoms with van der Waals surface area (Å²) < 4.78 is 30.3. The second-order valence-corrected chi connectivity index (χ2v) is 8.44. The Balaban J connectivity index is 2.04. The minimum atomic E-state index is -3.51. The Kier molecular flexibility index (Phi) is 6.94. The molecule has 0 aliphatic carbocycles. The summed E-state index contributed by atoms with van der Waals surface area (Å²) in [5.74, 6) is -0.146. The quantitative estimate of drug-likeness (QED) is 0.511. The third-order valence-corrected chi connectivity index (χ3v) is 6.91. The molecule has 2 aromatic rings. The van der Waals surface area contributed by atoms with Gasteiger partial charge in [-0.15, -0.1) is 0 Å². The minimum absolute atomic E-state index is 0.0746. The van der Waals surface area contributed by atoms with E-state index in [1.54, 1.807) is 13.8 Å². The first-order valence-electron chi connectivity index (χ1n) is 7.67. The van der Waals surface area contributed by atoms with E-state index in [1.165, 1.54) is 51.9 Å². The van der Waals surface area contributed by atoms with Crippen LogP contribution in [0.5, 0.6) is 0 Å². The first-order valence-corrected chi connectivity index (χ1v) is 11.1. The SMILES string of the molecule is CCN(CC)S(=O)(=O)c1ccc(C(=O)CNc2nc(SC)ns2)cc1. The number of anilines is 1. The molecule has 0 aliphatic heterocycles. The largest absolute Gasteiger partial charge is 0.353 e. The maximum Gasteiger partial charge on any atom is 0.243 e. The predicted octanol–water partition coefficient (Wildman–Crippen LogP) is 2.59. The molecule has 0 bridgehead atoms. The molecule has 2 rings (SSSR count). The lowest BCUT2D eigenvalue weighted by atomic mass is 10.1. The highest BCUT2D eigenvalue weighted by Gasteiger charge is 2.21. The van der Waals surface area contributed by atoms with Gasteiger partial charge in [-0.25, -0.2) is 8.42 Å². The van der Waals surface area contributed by atoms with Gasteiger partial charge in [-0.05, 0) is 30.5 Å². The van der Waals surface area contributed by atoms with Crippen LogP contribution in [-0.2, 0) is 10.0 Å². The molecule has 10 heteroatoms. The monoisotopic (exact) mass is 400 g/mol. The highest BCUT2D eigenvalue weighted by atomic mass is 32.2. The van der Waals surface area contributed by atoms with E-state index in [1.807, 2.05) is 6.26 Å². The molecular formula is C15H20N4O3S3. The minimum Gasteiger partial charge on any atom is -0.353 e. The third kappa shape index (κ3) is 4.78. The normalized spacial score (nSPS) is 11.7. The van der Waals surface area contributed by atoms with Crippen molar-refractivity contribution >= 4 is 44.2 Å². The van der Waals surface area contributed by atoms with Crippen molar-refractivity contribution in [3.05, 3.63) is 29.8 Å². The van der Waals surface area contributed by atoms with Crippen molar-refractivity contribution in [1.82, 2.24) is 13.7 Å². The van der Waals surface area contributed by atoms with Crippen molar-refractivity contribution in [2.24, 2.45) is 0 Å². The molecule has 0 spiro atoms. The standard InChI is InChI=1S/C15H20N4O3S3/c1-4-19(5-2)25(21,22)12-8-6-11(7-9-12)13(20)10-16-14-17-15(23-3)18-24-14/h6-9H,4-5,10H2,1-3H3,(H,16,17,18). The molecule has 0 unspecified atom stereocenters. The van der Waals surface area contributed by atoms with E-state index >= 15 is 0 Å². The Morgan fingerprint density at radius 1 is 1.24 bits per heavy atom. The molecule has 0 amide bonds.